The Labute approximate surface area is 89.1 Å². The molecule has 0 fully saturated rings. The van der Waals surface area contributed by atoms with Gasteiger partial charge in [0, 0.05) is 12.4 Å². The second-order valence-corrected chi connectivity index (χ2v) is 3.19. The maximum atomic E-state index is 4.46. The molecule has 0 aliphatic rings. The first-order valence-corrected chi connectivity index (χ1v) is 4.76. The van der Waals surface area contributed by atoms with Gasteiger partial charge in [0.15, 0.2) is 0 Å². The number of hydrogen-bond acceptors (Lipinski definition) is 2. The van der Waals surface area contributed by atoms with Crippen LogP contribution in [-0.2, 0) is 6.54 Å². The summed E-state index contributed by atoms with van der Waals surface area (Å²) in [6.45, 7) is 4.40. The number of allylic oxidation sites excluding steroid dienone is 1. The van der Waals surface area contributed by atoms with Crippen molar-refractivity contribution in [3.05, 3.63) is 61.3 Å². The Morgan fingerprint density at radius 2 is 2.33 bits per heavy atom. The molecule has 1 radical (unpaired) electrons. The van der Waals surface area contributed by atoms with Crippen LogP contribution < -0.4 is 0 Å². The minimum absolute atomic E-state index is 0.749. The third-order valence-corrected chi connectivity index (χ3v) is 2.02. The molecule has 3 heteroatoms. The summed E-state index contributed by atoms with van der Waals surface area (Å²) in [4.78, 5) is 8.45. The van der Waals surface area contributed by atoms with Crippen LogP contribution in [0.25, 0.3) is 6.08 Å². The fourth-order valence-corrected chi connectivity index (χ4v) is 1.37. The summed E-state index contributed by atoms with van der Waals surface area (Å²) in [7, 11) is 0. The van der Waals surface area contributed by atoms with E-state index in [-0.39, 0.29) is 0 Å². The SMILES string of the molecule is [CH2]/C=C/c1cccc(Cn2ccnc2)n1. The van der Waals surface area contributed by atoms with Crippen LogP contribution in [0.5, 0.6) is 0 Å². The molecule has 3 nitrogen and oxygen atoms in total. The zero-order chi connectivity index (χ0) is 10.5. The van der Waals surface area contributed by atoms with Gasteiger partial charge >= 0.3 is 0 Å². The van der Waals surface area contributed by atoms with Crippen molar-refractivity contribution >= 4 is 6.08 Å². The summed E-state index contributed by atoms with van der Waals surface area (Å²) in [6.07, 6.45) is 9.09. The van der Waals surface area contributed by atoms with E-state index in [4.69, 9.17) is 0 Å². The van der Waals surface area contributed by atoms with Crippen LogP contribution in [0.15, 0.2) is 43.0 Å². The average Bonchev–Trinajstić information content (AvgIpc) is 2.71. The first-order valence-electron chi connectivity index (χ1n) is 4.76. The number of pyridine rings is 1. The van der Waals surface area contributed by atoms with Gasteiger partial charge in [0.25, 0.3) is 0 Å². The van der Waals surface area contributed by atoms with Crippen LogP contribution in [-0.4, -0.2) is 14.5 Å². The van der Waals surface area contributed by atoms with E-state index in [1.54, 1.807) is 18.6 Å². The van der Waals surface area contributed by atoms with Crippen molar-refractivity contribution in [1.29, 1.82) is 0 Å². The van der Waals surface area contributed by atoms with Gasteiger partial charge in [-0.05, 0) is 25.1 Å². The minimum atomic E-state index is 0.749. The largest absolute Gasteiger partial charge is 0.331 e. The summed E-state index contributed by atoms with van der Waals surface area (Å²) in [5.41, 5.74) is 1.95. The summed E-state index contributed by atoms with van der Waals surface area (Å²) in [6, 6.07) is 5.95. The van der Waals surface area contributed by atoms with Gasteiger partial charge in [0.1, 0.15) is 0 Å². The van der Waals surface area contributed by atoms with E-state index >= 15 is 0 Å². The van der Waals surface area contributed by atoms with Crippen molar-refractivity contribution in [2.24, 2.45) is 0 Å². The van der Waals surface area contributed by atoms with Crippen molar-refractivity contribution in [3.63, 3.8) is 0 Å². The Morgan fingerprint density at radius 3 is 3.07 bits per heavy atom. The minimum Gasteiger partial charge on any atom is -0.331 e. The molecule has 2 aromatic heterocycles. The highest BCUT2D eigenvalue weighted by atomic mass is 15.0. The van der Waals surface area contributed by atoms with Crippen molar-refractivity contribution in [1.82, 2.24) is 14.5 Å². The molecule has 0 atom stereocenters. The quantitative estimate of drug-likeness (QED) is 0.756. The summed E-state index contributed by atoms with van der Waals surface area (Å²) in [5, 5.41) is 0. The number of nitrogens with zero attached hydrogens (tertiary/aromatic N) is 3. The van der Waals surface area contributed by atoms with Crippen molar-refractivity contribution in [3.8, 4) is 0 Å². The molecule has 0 amide bonds. The fraction of sp³-hybridized carbons (Fsp3) is 0.0833. The van der Waals surface area contributed by atoms with Gasteiger partial charge in [-0.25, -0.2) is 4.98 Å². The second kappa shape index (κ2) is 4.55. The van der Waals surface area contributed by atoms with Gasteiger partial charge in [-0.2, -0.15) is 0 Å². The molecular weight excluding hydrogens is 186 g/mol. The van der Waals surface area contributed by atoms with Gasteiger partial charge in [0.2, 0.25) is 0 Å². The summed E-state index contributed by atoms with van der Waals surface area (Å²) in [5.74, 6) is 0. The van der Waals surface area contributed by atoms with E-state index in [1.165, 1.54) is 0 Å². The van der Waals surface area contributed by atoms with E-state index in [1.807, 2.05) is 35.0 Å². The first-order chi connectivity index (χ1) is 7.38. The number of hydrogen-bond donors (Lipinski definition) is 0. The maximum absolute atomic E-state index is 4.46. The Bertz CT molecular complexity index is 444. The zero-order valence-electron chi connectivity index (χ0n) is 8.37. The van der Waals surface area contributed by atoms with Crippen LogP contribution in [0.2, 0.25) is 0 Å². The van der Waals surface area contributed by atoms with Crippen molar-refractivity contribution in [2.45, 2.75) is 6.54 Å². The third kappa shape index (κ3) is 2.53. The Morgan fingerprint density at radius 1 is 1.40 bits per heavy atom. The highest BCUT2D eigenvalue weighted by Gasteiger charge is 1.96. The predicted octanol–water partition coefficient (Wildman–Crippen LogP) is 2.17. The number of imidazole rings is 1. The monoisotopic (exact) mass is 198 g/mol. The summed E-state index contributed by atoms with van der Waals surface area (Å²) >= 11 is 0. The molecule has 0 aromatic carbocycles. The number of aromatic nitrogens is 3. The molecule has 0 aliphatic carbocycles. The van der Waals surface area contributed by atoms with E-state index in [0.29, 0.717) is 0 Å². The molecule has 0 aliphatic heterocycles. The van der Waals surface area contributed by atoms with E-state index in [0.717, 1.165) is 17.9 Å². The van der Waals surface area contributed by atoms with Gasteiger partial charge in [-0.15, -0.1) is 0 Å². The second-order valence-electron chi connectivity index (χ2n) is 3.19. The van der Waals surface area contributed by atoms with Crippen LogP contribution in [0.4, 0.5) is 0 Å². The number of rotatable bonds is 3. The van der Waals surface area contributed by atoms with Gasteiger partial charge in [0.05, 0.1) is 24.3 Å². The lowest BCUT2D eigenvalue weighted by Gasteiger charge is -2.02. The molecule has 75 valence electrons. The Hall–Kier alpha value is -1.90. The lowest BCUT2D eigenvalue weighted by molar-refractivity contribution is 0.772. The highest BCUT2D eigenvalue weighted by Crippen LogP contribution is 2.03. The van der Waals surface area contributed by atoms with Gasteiger partial charge in [-0.3, -0.25) is 4.98 Å². The average molecular weight is 198 g/mol. The summed E-state index contributed by atoms with van der Waals surface area (Å²) < 4.78 is 1.99. The molecule has 0 saturated heterocycles. The Balaban J connectivity index is 2.18. The van der Waals surface area contributed by atoms with Crippen LogP contribution in [0.3, 0.4) is 0 Å². The standard InChI is InChI=1S/C12H12N3/c1-2-4-11-5-3-6-12(14-11)9-15-8-7-13-10-15/h2-8,10H,1,9H2/b4-2+. The lowest BCUT2D eigenvalue weighted by atomic mass is 10.3. The van der Waals surface area contributed by atoms with E-state index in [9.17, 15) is 0 Å². The van der Waals surface area contributed by atoms with Crippen molar-refractivity contribution in [2.75, 3.05) is 0 Å². The smallest absolute Gasteiger partial charge is 0.0949 e. The van der Waals surface area contributed by atoms with Gasteiger partial charge < -0.3 is 4.57 Å². The first kappa shape index (κ1) is 9.65. The van der Waals surface area contributed by atoms with Crippen LogP contribution in [0.1, 0.15) is 11.4 Å². The molecule has 0 saturated carbocycles. The molecule has 0 N–H and O–H groups in total. The van der Waals surface area contributed by atoms with Crippen molar-refractivity contribution < 1.29 is 0 Å². The maximum Gasteiger partial charge on any atom is 0.0949 e. The Kier molecular flexibility index (Phi) is 2.93. The third-order valence-electron chi connectivity index (χ3n) is 2.02. The normalized spacial score (nSPS) is 11.0. The zero-order valence-corrected chi connectivity index (χ0v) is 8.37. The molecule has 0 spiro atoms. The molecule has 15 heavy (non-hydrogen) atoms. The molecule has 0 unspecified atom stereocenters. The molecule has 2 rings (SSSR count). The topological polar surface area (TPSA) is 30.7 Å². The van der Waals surface area contributed by atoms with Gasteiger partial charge in [-0.1, -0.05) is 12.1 Å². The lowest BCUT2D eigenvalue weighted by Crippen LogP contribution is -1.99. The van der Waals surface area contributed by atoms with E-state index < -0.39 is 0 Å². The molecule has 2 aromatic rings. The highest BCUT2D eigenvalue weighted by molar-refractivity contribution is 5.44. The predicted molar refractivity (Wildman–Crippen MR) is 60.0 cm³/mol. The van der Waals surface area contributed by atoms with Crippen LogP contribution >= 0.6 is 0 Å². The molecule has 0 bridgehead atoms. The van der Waals surface area contributed by atoms with E-state index in [2.05, 4.69) is 16.9 Å². The molecular formula is C12H12N3. The fourth-order valence-electron chi connectivity index (χ4n) is 1.37. The molecule has 2 heterocycles. The van der Waals surface area contributed by atoms with Crippen LogP contribution in [0, 0.1) is 6.92 Å².